The van der Waals surface area contributed by atoms with Crippen molar-refractivity contribution >= 4 is 35.1 Å². The van der Waals surface area contributed by atoms with E-state index in [1.165, 1.54) is 47.4 Å². The zero-order valence-electron chi connectivity index (χ0n) is 24.9. The molecule has 0 saturated heterocycles. The predicted molar refractivity (Wildman–Crippen MR) is 165 cm³/mol. The summed E-state index contributed by atoms with van der Waals surface area (Å²) in [5.41, 5.74) is 1.74. The van der Waals surface area contributed by atoms with Crippen LogP contribution in [0.25, 0.3) is 0 Å². The van der Waals surface area contributed by atoms with E-state index in [2.05, 4.69) is 15.6 Å². The highest BCUT2D eigenvalue weighted by Crippen LogP contribution is 2.42. The summed E-state index contributed by atoms with van der Waals surface area (Å²) >= 11 is 0. The van der Waals surface area contributed by atoms with E-state index in [1.807, 2.05) is 25.9 Å². The maximum absolute atomic E-state index is 15.6. The molecule has 12 heteroatoms. The van der Waals surface area contributed by atoms with Crippen LogP contribution in [0, 0.1) is 30.3 Å². The second-order valence-electron chi connectivity index (χ2n) is 11.2. The predicted octanol–water partition coefficient (Wildman–Crippen LogP) is 5.20. The zero-order valence-corrected chi connectivity index (χ0v) is 24.9. The van der Waals surface area contributed by atoms with Crippen LogP contribution in [0.4, 0.5) is 29.3 Å². The van der Waals surface area contributed by atoms with Gasteiger partial charge in [-0.15, -0.1) is 0 Å². The number of rotatable bonds is 8. The van der Waals surface area contributed by atoms with E-state index in [9.17, 15) is 14.0 Å². The summed E-state index contributed by atoms with van der Waals surface area (Å²) in [7, 11) is 5.69. The summed E-state index contributed by atoms with van der Waals surface area (Å²) in [5, 5.41) is 5.49. The number of aliphatic imine (C=N–C) groups is 2. The summed E-state index contributed by atoms with van der Waals surface area (Å²) in [6.07, 6.45) is 0.731. The lowest BCUT2D eigenvalue weighted by Crippen LogP contribution is -2.56. The third-order valence-electron chi connectivity index (χ3n) is 7.69. The molecule has 3 aromatic carbocycles. The fourth-order valence-electron chi connectivity index (χ4n) is 5.48. The molecule has 0 aliphatic carbocycles. The van der Waals surface area contributed by atoms with Crippen LogP contribution in [-0.4, -0.2) is 74.3 Å². The van der Waals surface area contributed by atoms with Gasteiger partial charge in [0.25, 0.3) is 5.91 Å². The third-order valence-corrected chi connectivity index (χ3v) is 7.69. The van der Waals surface area contributed by atoms with Gasteiger partial charge in [0.05, 0.1) is 12.0 Å². The molecule has 0 bridgehead atoms. The Kier molecular flexibility index (Phi) is 9.00. The monoisotopic (exact) mass is 605 g/mol. The number of benzene rings is 3. The van der Waals surface area contributed by atoms with E-state index in [1.54, 1.807) is 30.1 Å². The van der Waals surface area contributed by atoms with Gasteiger partial charge in [0.15, 0.2) is 0 Å². The Morgan fingerprint density at radius 3 is 2.39 bits per heavy atom. The molecule has 0 spiro atoms. The highest BCUT2D eigenvalue weighted by atomic mass is 19.1. The molecule has 44 heavy (non-hydrogen) atoms. The van der Waals surface area contributed by atoms with Crippen LogP contribution in [0.15, 0.2) is 70.6 Å². The molecule has 3 amide bonds. The standard InChI is InChI=1S/C32H34F3N7O2/c1-19-9-10-20(30(43)37-22-13-11-21(33)12-14-22)17-23(19)27-24-18-36-31(44)38-29(24)39-32(41(4)16-6-15-40(2)3)42(27)28-25(34)7-5-8-26(28)35/h5,7-14,17,24,27H,6,15-16,18H2,1-4H3,(H,36,44)(H,37,43). The summed E-state index contributed by atoms with van der Waals surface area (Å²) in [6.45, 7) is 3.23. The van der Waals surface area contributed by atoms with E-state index in [0.717, 1.165) is 18.5 Å². The summed E-state index contributed by atoms with van der Waals surface area (Å²) in [6, 6.07) is 12.8. The highest BCUT2D eigenvalue weighted by molar-refractivity contribution is 6.12. The lowest BCUT2D eigenvalue weighted by Gasteiger charge is -2.46. The van der Waals surface area contributed by atoms with Crippen LogP contribution in [-0.2, 0) is 0 Å². The van der Waals surface area contributed by atoms with Gasteiger partial charge in [-0.05, 0) is 93.6 Å². The lowest BCUT2D eigenvalue weighted by molar-refractivity contribution is 0.102. The number of fused-ring (bicyclic) bond motifs is 1. The molecular weight excluding hydrogens is 571 g/mol. The van der Waals surface area contributed by atoms with Crippen molar-refractivity contribution in [3.8, 4) is 0 Å². The number of aryl methyl sites for hydroxylation is 1. The van der Waals surface area contributed by atoms with Crippen LogP contribution >= 0.6 is 0 Å². The molecule has 2 aliphatic rings. The van der Waals surface area contributed by atoms with Crippen molar-refractivity contribution in [2.75, 3.05) is 51.0 Å². The first-order valence-electron chi connectivity index (χ1n) is 14.2. The molecule has 0 radical (unpaired) electrons. The van der Waals surface area contributed by atoms with Crippen LogP contribution in [0.1, 0.15) is 33.9 Å². The van der Waals surface area contributed by atoms with Gasteiger partial charge in [-0.1, -0.05) is 12.1 Å². The minimum Gasteiger partial charge on any atom is -0.345 e. The largest absolute Gasteiger partial charge is 0.345 e. The first-order valence-corrected chi connectivity index (χ1v) is 14.2. The van der Waals surface area contributed by atoms with Gasteiger partial charge >= 0.3 is 6.03 Å². The SMILES string of the molecule is Cc1ccc(C(=O)Nc2ccc(F)cc2)cc1C1C2CNC(=O)N=C2N=C(N(C)CCCN(C)C)N1c1c(F)cccc1F. The second kappa shape index (κ2) is 12.9. The van der Waals surface area contributed by atoms with Crippen LogP contribution in [0.3, 0.4) is 0 Å². The molecule has 0 aromatic heterocycles. The van der Waals surface area contributed by atoms with Crippen molar-refractivity contribution in [3.05, 3.63) is 94.8 Å². The molecule has 0 saturated carbocycles. The fourth-order valence-corrected chi connectivity index (χ4v) is 5.48. The molecule has 5 rings (SSSR count). The van der Waals surface area contributed by atoms with Crippen molar-refractivity contribution in [1.29, 1.82) is 0 Å². The van der Waals surface area contributed by atoms with Crippen molar-refractivity contribution in [1.82, 2.24) is 15.1 Å². The Hall–Kier alpha value is -4.71. The van der Waals surface area contributed by atoms with Gasteiger partial charge in [-0.25, -0.2) is 18.0 Å². The molecular formula is C32H34F3N7O2. The Bertz CT molecular complexity index is 1600. The highest BCUT2D eigenvalue weighted by Gasteiger charge is 2.45. The Labute approximate surface area is 254 Å². The number of urea groups is 1. The smallest absolute Gasteiger partial charge is 0.342 e. The number of carbonyl (C=O) groups excluding carboxylic acids is 2. The number of para-hydroxylation sites is 1. The van der Waals surface area contributed by atoms with Crippen molar-refractivity contribution in [2.24, 2.45) is 15.9 Å². The molecule has 9 nitrogen and oxygen atoms in total. The number of amides is 3. The Balaban J connectivity index is 1.65. The number of nitrogens with zero attached hydrogens (tertiary/aromatic N) is 5. The van der Waals surface area contributed by atoms with Crippen molar-refractivity contribution < 1.29 is 22.8 Å². The topological polar surface area (TPSA) is 92.6 Å². The van der Waals surface area contributed by atoms with E-state index in [-0.39, 0.29) is 29.6 Å². The average Bonchev–Trinajstić information content (AvgIpc) is 2.98. The van der Waals surface area contributed by atoms with Gasteiger partial charge in [-0.2, -0.15) is 9.98 Å². The van der Waals surface area contributed by atoms with Gasteiger partial charge in [-0.3, -0.25) is 9.69 Å². The second-order valence-corrected chi connectivity index (χ2v) is 11.2. The number of carbonyl (C=O) groups is 2. The summed E-state index contributed by atoms with van der Waals surface area (Å²) in [4.78, 5) is 39.9. The van der Waals surface area contributed by atoms with Gasteiger partial charge in [0, 0.05) is 31.4 Å². The number of hydrogen-bond donors (Lipinski definition) is 2. The molecule has 3 aromatic rings. The third kappa shape index (κ3) is 6.45. The van der Waals surface area contributed by atoms with Crippen LogP contribution < -0.4 is 15.5 Å². The van der Waals surface area contributed by atoms with Gasteiger partial charge < -0.3 is 20.4 Å². The van der Waals surface area contributed by atoms with Gasteiger partial charge in [0.1, 0.15) is 29.0 Å². The maximum atomic E-state index is 15.6. The molecule has 2 unspecified atom stereocenters. The maximum Gasteiger partial charge on any atom is 0.342 e. The van der Waals surface area contributed by atoms with E-state index in [0.29, 0.717) is 17.8 Å². The molecule has 230 valence electrons. The molecule has 2 heterocycles. The van der Waals surface area contributed by atoms with E-state index in [4.69, 9.17) is 4.99 Å². The number of hydrogen-bond acceptors (Lipinski definition) is 6. The number of anilines is 2. The molecule has 2 atom stereocenters. The first kappa shape index (κ1) is 30.7. The van der Waals surface area contributed by atoms with Crippen LogP contribution in [0.5, 0.6) is 0 Å². The zero-order chi connectivity index (χ0) is 31.5. The quantitative estimate of drug-likeness (QED) is 0.368. The summed E-state index contributed by atoms with van der Waals surface area (Å²) in [5.74, 6) is -2.58. The Morgan fingerprint density at radius 2 is 1.70 bits per heavy atom. The van der Waals surface area contributed by atoms with Gasteiger partial charge in [0.2, 0.25) is 5.96 Å². The first-order chi connectivity index (χ1) is 21.0. The molecule has 2 N–H and O–H groups in total. The average molecular weight is 606 g/mol. The van der Waals surface area contributed by atoms with Crippen molar-refractivity contribution in [2.45, 2.75) is 19.4 Å². The fraction of sp³-hybridized carbons (Fsp3) is 0.312. The number of nitrogens with one attached hydrogen (secondary N) is 2. The number of guanidine groups is 1. The van der Waals surface area contributed by atoms with Crippen LogP contribution in [0.2, 0.25) is 0 Å². The normalized spacial score (nSPS) is 17.9. The minimum absolute atomic E-state index is 0.113. The number of amidine groups is 1. The van der Waals surface area contributed by atoms with Crippen molar-refractivity contribution in [3.63, 3.8) is 0 Å². The minimum atomic E-state index is -0.803. The lowest BCUT2D eigenvalue weighted by atomic mass is 9.84. The summed E-state index contributed by atoms with van der Waals surface area (Å²) < 4.78 is 44.7. The van der Waals surface area contributed by atoms with E-state index < -0.39 is 41.3 Å². The Morgan fingerprint density at radius 1 is 1.00 bits per heavy atom. The number of halogens is 3. The van der Waals surface area contributed by atoms with E-state index >= 15 is 8.78 Å². The molecule has 2 aliphatic heterocycles. The molecule has 0 fully saturated rings.